The van der Waals surface area contributed by atoms with Crippen molar-refractivity contribution in [3.05, 3.63) is 37.2 Å². The number of thiophene rings is 1. The zero-order valence-corrected chi connectivity index (χ0v) is 10.6. The van der Waals surface area contributed by atoms with Crippen LogP contribution in [0.5, 0.6) is 0 Å². The number of fused-ring (bicyclic) bond motifs is 1. The molecule has 0 spiro atoms. The Hall–Kier alpha value is 0.746. The first-order chi connectivity index (χ1) is 4.47. The van der Waals surface area contributed by atoms with Gasteiger partial charge in [-0.3, -0.25) is 11.3 Å². The smallest absolute Gasteiger partial charge is 0.358 e. The molecule has 0 aliphatic rings. The van der Waals surface area contributed by atoms with Crippen molar-refractivity contribution in [3.8, 4) is 0 Å². The van der Waals surface area contributed by atoms with Crippen LogP contribution in [-0.4, -0.2) is 4.98 Å². The summed E-state index contributed by atoms with van der Waals surface area (Å²) in [6, 6.07) is 5.89. The number of nitrogens with zero attached hydrogens (tertiary/aromatic N) is 1. The van der Waals surface area contributed by atoms with Gasteiger partial charge in [-0.15, -0.1) is 16.1 Å². The van der Waals surface area contributed by atoms with Gasteiger partial charge < -0.3 is 12.4 Å². The van der Waals surface area contributed by atoms with Crippen LogP contribution in [0.4, 0.5) is 0 Å². The molecular formula is C8H7KNS-. The molecule has 0 aromatic carbocycles. The number of hydrogen-bond acceptors (Lipinski definition) is 2. The predicted octanol–water partition coefficient (Wildman–Crippen LogP) is -0.449. The van der Waals surface area contributed by atoms with Crippen LogP contribution in [0, 0.1) is 12.8 Å². The summed E-state index contributed by atoms with van der Waals surface area (Å²) in [5.41, 5.74) is 1.04. The third-order valence-electron chi connectivity index (χ3n) is 1.16. The molecule has 2 aromatic heterocycles. The second-order valence-electron chi connectivity index (χ2n) is 1.75. The normalized spacial score (nSPS) is 8.36. The van der Waals surface area contributed by atoms with E-state index in [1.807, 2.05) is 18.2 Å². The number of rotatable bonds is 0. The number of hydrogen-bond donors (Lipinski definition) is 0. The number of pyridine rings is 1. The molecule has 0 N–H and O–H groups in total. The minimum Gasteiger partial charge on any atom is -0.358 e. The second kappa shape index (κ2) is 5.40. The van der Waals surface area contributed by atoms with E-state index in [1.54, 1.807) is 17.5 Å². The summed E-state index contributed by atoms with van der Waals surface area (Å²) < 4.78 is 1.21. The molecule has 3 heteroatoms. The summed E-state index contributed by atoms with van der Waals surface area (Å²) in [4.78, 5) is 4.12. The van der Waals surface area contributed by atoms with Crippen LogP contribution in [-0.2, 0) is 0 Å². The van der Waals surface area contributed by atoms with E-state index >= 15 is 0 Å². The molecule has 11 heavy (non-hydrogen) atoms. The third-order valence-corrected chi connectivity index (χ3v) is 1.97. The van der Waals surface area contributed by atoms with Gasteiger partial charge in [-0.25, -0.2) is 0 Å². The summed E-state index contributed by atoms with van der Waals surface area (Å²) in [7, 11) is 0. The fourth-order valence-corrected chi connectivity index (χ4v) is 1.41. The van der Waals surface area contributed by atoms with Crippen molar-refractivity contribution in [1.82, 2.24) is 4.98 Å². The molecule has 0 bridgehead atoms. The van der Waals surface area contributed by atoms with E-state index in [0.717, 1.165) is 5.52 Å². The molecule has 0 saturated carbocycles. The third kappa shape index (κ3) is 2.61. The largest absolute Gasteiger partial charge is 1.00 e. The van der Waals surface area contributed by atoms with E-state index < -0.39 is 0 Å². The zero-order valence-electron chi connectivity index (χ0n) is 6.66. The van der Waals surface area contributed by atoms with Gasteiger partial charge in [-0.05, 0) is 0 Å². The maximum atomic E-state index is 4.12. The maximum Gasteiger partial charge on any atom is 1.00 e. The fraction of sp³-hybridized carbons (Fsp3) is 0. The Labute approximate surface area is 113 Å². The Morgan fingerprint density at radius 3 is 3.00 bits per heavy atom. The van der Waals surface area contributed by atoms with Crippen molar-refractivity contribution >= 4 is 21.6 Å². The molecule has 2 heterocycles. The molecule has 1 nitrogen and oxygen atoms in total. The zero-order chi connectivity index (χ0) is 6.10. The van der Waals surface area contributed by atoms with Crippen LogP contribution in [0.3, 0.4) is 0 Å². The maximum absolute atomic E-state index is 4.12. The second-order valence-corrected chi connectivity index (χ2v) is 2.63. The average molecular weight is 188 g/mol. The van der Waals surface area contributed by atoms with Crippen molar-refractivity contribution in [2.45, 2.75) is 0 Å². The fourth-order valence-electron chi connectivity index (χ4n) is 0.746. The van der Waals surface area contributed by atoms with Crippen LogP contribution < -0.4 is 51.4 Å². The molecular weight excluding hydrogens is 181 g/mol. The van der Waals surface area contributed by atoms with E-state index in [1.165, 1.54) is 4.70 Å². The first-order valence-electron chi connectivity index (χ1n) is 2.67. The monoisotopic (exact) mass is 188 g/mol. The molecule has 0 aliphatic heterocycles. The molecule has 0 unspecified atom stereocenters. The summed E-state index contributed by atoms with van der Waals surface area (Å²) in [6.07, 6.45) is 1.79. The quantitative estimate of drug-likeness (QED) is 0.403. The van der Waals surface area contributed by atoms with Crippen molar-refractivity contribution < 1.29 is 51.4 Å². The van der Waals surface area contributed by atoms with Crippen LogP contribution >= 0.6 is 11.3 Å². The molecule has 2 aromatic rings. The van der Waals surface area contributed by atoms with Crippen molar-refractivity contribution in [2.75, 3.05) is 0 Å². The first-order valence-corrected chi connectivity index (χ1v) is 3.49. The molecule has 0 radical (unpaired) electrons. The summed E-state index contributed by atoms with van der Waals surface area (Å²) in [6.45, 7) is 0. The van der Waals surface area contributed by atoms with Crippen LogP contribution in [0.1, 0.15) is 0 Å². The topological polar surface area (TPSA) is 12.9 Å². The van der Waals surface area contributed by atoms with E-state index in [4.69, 9.17) is 0 Å². The minimum atomic E-state index is 0. The van der Waals surface area contributed by atoms with Crippen molar-refractivity contribution in [2.24, 2.45) is 0 Å². The van der Waals surface area contributed by atoms with Crippen molar-refractivity contribution in [1.29, 1.82) is 0 Å². The molecule has 0 saturated heterocycles. The summed E-state index contributed by atoms with van der Waals surface area (Å²) in [5.74, 6) is 0. The minimum absolute atomic E-state index is 0. The van der Waals surface area contributed by atoms with E-state index in [9.17, 15) is 0 Å². The van der Waals surface area contributed by atoms with E-state index in [2.05, 4.69) is 10.4 Å². The Morgan fingerprint density at radius 1 is 1.45 bits per heavy atom. The van der Waals surface area contributed by atoms with Gasteiger partial charge in [0.15, 0.2) is 0 Å². The first kappa shape index (κ1) is 11.7. The Morgan fingerprint density at radius 2 is 2.27 bits per heavy atom. The number of aromatic nitrogens is 1. The van der Waals surface area contributed by atoms with Gasteiger partial charge in [0.05, 0.1) is 0 Å². The van der Waals surface area contributed by atoms with Crippen LogP contribution in [0.25, 0.3) is 10.2 Å². The van der Waals surface area contributed by atoms with Gasteiger partial charge in [-0.1, -0.05) is 11.6 Å². The van der Waals surface area contributed by atoms with Gasteiger partial charge in [0.2, 0.25) is 0 Å². The SMILES string of the molecule is [CH3-].[K+].[c-]1cc2ncccc2s1. The molecule has 0 aliphatic carbocycles. The van der Waals surface area contributed by atoms with Crippen molar-refractivity contribution in [3.63, 3.8) is 0 Å². The van der Waals surface area contributed by atoms with Gasteiger partial charge in [0.25, 0.3) is 0 Å². The molecule has 0 atom stereocenters. The standard InChI is InChI=1S/C7H4NS.CH3.K/c1-2-7-6(8-4-1)3-5-9-7;;/h1-4H;1H3;/q2*-1;+1. The van der Waals surface area contributed by atoms with Crippen LogP contribution in [0.15, 0.2) is 24.4 Å². The average Bonchev–Trinajstić information content (AvgIpc) is 2.33. The van der Waals surface area contributed by atoms with Gasteiger partial charge >= 0.3 is 51.4 Å². The predicted molar refractivity (Wildman–Crippen MR) is 44.9 cm³/mol. The van der Waals surface area contributed by atoms with E-state index in [-0.39, 0.29) is 58.8 Å². The van der Waals surface area contributed by atoms with Gasteiger partial charge in [-0.2, -0.15) is 6.07 Å². The van der Waals surface area contributed by atoms with Gasteiger partial charge in [0.1, 0.15) is 0 Å². The Bertz CT molecular complexity index is 288. The summed E-state index contributed by atoms with van der Waals surface area (Å²) in [5, 5.41) is 3.02. The Kier molecular flexibility index (Phi) is 5.77. The van der Waals surface area contributed by atoms with Gasteiger partial charge in [0, 0.05) is 6.20 Å². The molecule has 52 valence electrons. The summed E-state index contributed by atoms with van der Waals surface area (Å²) >= 11 is 1.60. The molecule has 2 rings (SSSR count). The molecule has 0 fully saturated rings. The molecule has 0 amide bonds. The van der Waals surface area contributed by atoms with Crippen LogP contribution in [0.2, 0.25) is 0 Å². The van der Waals surface area contributed by atoms with E-state index in [0.29, 0.717) is 0 Å². The Balaban J connectivity index is 0.000000500.